The van der Waals surface area contributed by atoms with E-state index in [1.807, 2.05) is 24.7 Å². The van der Waals surface area contributed by atoms with E-state index in [9.17, 15) is 0 Å². The van der Waals surface area contributed by atoms with E-state index < -0.39 is 0 Å². The average Bonchev–Trinajstić information content (AvgIpc) is 3.12. The molecule has 1 aliphatic heterocycles. The number of aromatic nitrogens is 5. The molecule has 4 rings (SSSR count). The molecule has 0 unspecified atom stereocenters. The standard InChI is InChI=1S/C20H27N7/c1-4-15-6-9-26(10-7-15)20-21-8-5-18(25-20)24-19-11-17-16(12-22-19)23-13-27(17)14(2)3/h5,8,11-15H,4,6-7,9-10H2,1-3H3,(H,21,22,24,25). The second-order valence-electron chi connectivity index (χ2n) is 7.51. The Balaban J connectivity index is 1.53. The predicted octanol–water partition coefficient (Wildman–Crippen LogP) is 4.17. The molecular formula is C20H27N7. The van der Waals surface area contributed by atoms with Crippen LogP contribution in [-0.2, 0) is 0 Å². The molecule has 7 heteroatoms. The zero-order valence-corrected chi connectivity index (χ0v) is 16.3. The number of anilines is 3. The summed E-state index contributed by atoms with van der Waals surface area (Å²) in [6, 6.07) is 4.26. The molecule has 0 radical (unpaired) electrons. The first-order valence-electron chi connectivity index (χ1n) is 9.81. The lowest BCUT2D eigenvalue weighted by Crippen LogP contribution is -2.34. The molecule has 3 aromatic heterocycles. The number of nitrogens with zero attached hydrogens (tertiary/aromatic N) is 6. The summed E-state index contributed by atoms with van der Waals surface area (Å²) < 4.78 is 2.14. The van der Waals surface area contributed by atoms with Crippen molar-refractivity contribution in [2.75, 3.05) is 23.3 Å². The Labute approximate surface area is 159 Å². The smallest absolute Gasteiger partial charge is 0.227 e. The summed E-state index contributed by atoms with van der Waals surface area (Å²) in [5.41, 5.74) is 1.97. The average molecular weight is 365 g/mol. The highest BCUT2D eigenvalue weighted by atomic mass is 15.3. The second kappa shape index (κ2) is 7.50. The molecule has 142 valence electrons. The first-order chi connectivity index (χ1) is 13.1. The zero-order chi connectivity index (χ0) is 18.8. The molecule has 0 saturated carbocycles. The van der Waals surface area contributed by atoms with Gasteiger partial charge in [0.1, 0.15) is 17.2 Å². The van der Waals surface area contributed by atoms with Crippen molar-refractivity contribution in [3.63, 3.8) is 0 Å². The topological polar surface area (TPSA) is 71.8 Å². The third kappa shape index (κ3) is 3.72. The van der Waals surface area contributed by atoms with Crippen LogP contribution in [0.1, 0.15) is 46.1 Å². The molecule has 1 aliphatic rings. The minimum atomic E-state index is 0.349. The molecule has 0 spiro atoms. The summed E-state index contributed by atoms with van der Waals surface area (Å²) >= 11 is 0. The van der Waals surface area contributed by atoms with Gasteiger partial charge in [-0.05, 0) is 38.7 Å². The van der Waals surface area contributed by atoms with Crippen molar-refractivity contribution in [3.05, 3.63) is 30.9 Å². The van der Waals surface area contributed by atoms with Crippen molar-refractivity contribution in [2.24, 2.45) is 5.92 Å². The van der Waals surface area contributed by atoms with Crippen molar-refractivity contribution in [1.82, 2.24) is 24.5 Å². The van der Waals surface area contributed by atoms with Gasteiger partial charge in [-0.15, -0.1) is 0 Å². The largest absolute Gasteiger partial charge is 0.341 e. The summed E-state index contributed by atoms with van der Waals surface area (Å²) in [4.78, 5) is 20.4. The lowest BCUT2D eigenvalue weighted by Gasteiger charge is -2.31. The van der Waals surface area contributed by atoms with Gasteiger partial charge in [0.05, 0.1) is 18.0 Å². The normalized spacial score (nSPS) is 15.6. The van der Waals surface area contributed by atoms with Crippen LogP contribution in [0.15, 0.2) is 30.9 Å². The van der Waals surface area contributed by atoms with Crippen LogP contribution in [0.3, 0.4) is 0 Å². The van der Waals surface area contributed by atoms with Gasteiger partial charge < -0.3 is 14.8 Å². The lowest BCUT2D eigenvalue weighted by atomic mass is 9.95. The van der Waals surface area contributed by atoms with Gasteiger partial charge in [-0.25, -0.2) is 15.0 Å². The van der Waals surface area contributed by atoms with E-state index in [4.69, 9.17) is 4.98 Å². The SMILES string of the molecule is CCC1CCN(c2nccc(Nc3cc4c(cn3)ncn4C(C)C)n2)CC1. The number of nitrogens with one attached hydrogen (secondary N) is 1. The molecule has 3 aromatic rings. The van der Waals surface area contributed by atoms with Crippen LogP contribution in [0, 0.1) is 5.92 Å². The van der Waals surface area contributed by atoms with Crippen LogP contribution in [-0.4, -0.2) is 37.6 Å². The van der Waals surface area contributed by atoms with Crippen LogP contribution in [0.2, 0.25) is 0 Å². The van der Waals surface area contributed by atoms with Gasteiger partial charge in [0.25, 0.3) is 0 Å². The fourth-order valence-corrected chi connectivity index (χ4v) is 3.65. The highest BCUT2D eigenvalue weighted by molar-refractivity contribution is 5.78. The Hall–Kier alpha value is -2.70. The summed E-state index contributed by atoms with van der Waals surface area (Å²) in [5.74, 6) is 3.16. The van der Waals surface area contributed by atoms with Gasteiger partial charge in [0.15, 0.2) is 0 Å². The van der Waals surface area contributed by atoms with Crippen LogP contribution in [0.25, 0.3) is 11.0 Å². The molecule has 0 aromatic carbocycles. The van der Waals surface area contributed by atoms with E-state index in [1.54, 1.807) is 6.20 Å². The van der Waals surface area contributed by atoms with Gasteiger partial charge in [0.2, 0.25) is 5.95 Å². The minimum absolute atomic E-state index is 0.349. The van der Waals surface area contributed by atoms with Gasteiger partial charge in [-0.3, -0.25) is 0 Å². The maximum atomic E-state index is 4.71. The van der Waals surface area contributed by atoms with Crippen LogP contribution in [0.4, 0.5) is 17.6 Å². The molecule has 1 N–H and O–H groups in total. The third-order valence-electron chi connectivity index (χ3n) is 5.39. The Morgan fingerprint density at radius 2 is 1.96 bits per heavy atom. The van der Waals surface area contributed by atoms with E-state index in [0.717, 1.165) is 47.6 Å². The van der Waals surface area contributed by atoms with Gasteiger partial charge in [-0.2, -0.15) is 4.98 Å². The van der Waals surface area contributed by atoms with Crippen molar-refractivity contribution >= 4 is 28.6 Å². The highest BCUT2D eigenvalue weighted by Crippen LogP contribution is 2.25. The van der Waals surface area contributed by atoms with E-state index in [2.05, 4.69) is 50.5 Å². The molecule has 27 heavy (non-hydrogen) atoms. The Morgan fingerprint density at radius 3 is 2.70 bits per heavy atom. The molecule has 0 aliphatic carbocycles. The lowest BCUT2D eigenvalue weighted by molar-refractivity contribution is 0.392. The Bertz CT molecular complexity index is 910. The van der Waals surface area contributed by atoms with Crippen molar-refractivity contribution in [2.45, 2.75) is 46.1 Å². The summed E-state index contributed by atoms with van der Waals surface area (Å²) in [6.07, 6.45) is 9.17. The molecule has 1 fully saturated rings. The van der Waals surface area contributed by atoms with E-state index in [0.29, 0.717) is 6.04 Å². The van der Waals surface area contributed by atoms with Crippen molar-refractivity contribution in [1.29, 1.82) is 0 Å². The van der Waals surface area contributed by atoms with Crippen molar-refractivity contribution in [3.8, 4) is 0 Å². The minimum Gasteiger partial charge on any atom is -0.341 e. The monoisotopic (exact) mass is 365 g/mol. The Kier molecular flexibility index (Phi) is 4.92. The quantitative estimate of drug-likeness (QED) is 0.731. The highest BCUT2D eigenvalue weighted by Gasteiger charge is 2.20. The maximum absolute atomic E-state index is 4.71. The molecule has 0 bridgehead atoms. The number of rotatable bonds is 5. The first-order valence-corrected chi connectivity index (χ1v) is 9.81. The number of hydrogen-bond acceptors (Lipinski definition) is 6. The molecule has 4 heterocycles. The number of piperidine rings is 1. The molecule has 0 amide bonds. The fraction of sp³-hybridized carbons (Fsp3) is 0.500. The van der Waals surface area contributed by atoms with Gasteiger partial charge in [-0.1, -0.05) is 13.3 Å². The zero-order valence-electron chi connectivity index (χ0n) is 16.3. The van der Waals surface area contributed by atoms with Gasteiger partial charge in [0, 0.05) is 31.4 Å². The number of pyridine rings is 1. The van der Waals surface area contributed by atoms with Gasteiger partial charge >= 0.3 is 0 Å². The number of imidazole rings is 1. The summed E-state index contributed by atoms with van der Waals surface area (Å²) in [5, 5.41) is 3.32. The van der Waals surface area contributed by atoms with E-state index in [1.165, 1.54) is 19.3 Å². The third-order valence-corrected chi connectivity index (χ3v) is 5.39. The number of fused-ring (bicyclic) bond motifs is 1. The molecule has 0 atom stereocenters. The van der Waals surface area contributed by atoms with Crippen LogP contribution in [0.5, 0.6) is 0 Å². The van der Waals surface area contributed by atoms with Crippen LogP contribution < -0.4 is 10.2 Å². The molecule has 1 saturated heterocycles. The second-order valence-corrected chi connectivity index (χ2v) is 7.51. The maximum Gasteiger partial charge on any atom is 0.227 e. The van der Waals surface area contributed by atoms with Crippen LogP contribution >= 0.6 is 0 Å². The van der Waals surface area contributed by atoms with E-state index in [-0.39, 0.29) is 0 Å². The summed E-state index contributed by atoms with van der Waals surface area (Å²) in [6.45, 7) is 8.62. The Morgan fingerprint density at radius 1 is 1.15 bits per heavy atom. The molecular weight excluding hydrogens is 338 g/mol. The number of hydrogen-bond donors (Lipinski definition) is 1. The van der Waals surface area contributed by atoms with Crippen molar-refractivity contribution < 1.29 is 0 Å². The van der Waals surface area contributed by atoms with E-state index >= 15 is 0 Å². The predicted molar refractivity (Wildman–Crippen MR) is 108 cm³/mol. The fourth-order valence-electron chi connectivity index (χ4n) is 3.65. The summed E-state index contributed by atoms with van der Waals surface area (Å²) in [7, 11) is 0. The molecule has 7 nitrogen and oxygen atoms in total. The first kappa shape index (κ1) is 17.7.